The number of pyridine rings is 1. The van der Waals surface area contributed by atoms with Gasteiger partial charge in [0.25, 0.3) is 0 Å². The number of aliphatic hydroxyl groups excluding tert-OH is 1. The Morgan fingerprint density at radius 2 is 1.89 bits per heavy atom. The third-order valence-corrected chi connectivity index (χ3v) is 5.88. The highest BCUT2D eigenvalue weighted by atomic mass is 16.3. The van der Waals surface area contributed by atoms with E-state index in [-0.39, 0.29) is 6.61 Å². The van der Waals surface area contributed by atoms with Crippen molar-refractivity contribution >= 4 is 17.1 Å². The third kappa shape index (κ3) is 4.60. The molecule has 5 heteroatoms. The van der Waals surface area contributed by atoms with E-state index in [2.05, 4.69) is 50.8 Å². The number of hydrogen-bond acceptors (Lipinski definition) is 5. The van der Waals surface area contributed by atoms with Crippen molar-refractivity contribution in [2.75, 3.05) is 43.0 Å². The fourth-order valence-electron chi connectivity index (χ4n) is 4.28. The number of rotatable bonds is 5. The number of aliphatic hydroxyl groups is 1. The second-order valence-corrected chi connectivity index (χ2v) is 7.84. The van der Waals surface area contributed by atoms with Crippen molar-refractivity contribution in [3.05, 3.63) is 48.3 Å². The maximum absolute atomic E-state index is 9.46. The van der Waals surface area contributed by atoms with Gasteiger partial charge < -0.3 is 20.6 Å². The Labute approximate surface area is 161 Å². The summed E-state index contributed by atoms with van der Waals surface area (Å²) in [5.74, 6) is 1.06. The van der Waals surface area contributed by atoms with E-state index >= 15 is 0 Å². The van der Waals surface area contributed by atoms with E-state index in [0.29, 0.717) is 11.8 Å². The van der Waals surface area contributed by atoms with Crippen LogP contribution in [0.15, 0.2) is 42.7 Å². The average molecular weight is 367 g/mol. The second-order valence-electron chi connectivity index (χ2n) is 7.84. The number of nitrogens with zero attached hydrogens (tertiary/aromatic N) is 2. The van der Waals surface area contributed by atoms with Crippen LogP contribution in [-0.4, -0.2) is 42.9 Å². The number of nitrogens with one attached hydrogen (secondary N) is 2. The zero-order chi connectivity index (χ0) is 18.5. The molecule has 0 amide bonds. The summed E-state index contributed by atoms with van der Waals surface area (Å²) in [4.78, 5) is 6.76. The quantitative estimate of drug-likeness (QED) is 0.756. The normalized spacial score (nSPS) is 21.2. The highest BCUT2D eigenvalue weighted by Gasteiger charge is 2.20. The van der Waals surface area contributed by atoms with E-state index in [1.54, 1.807) is 0 Å². The maximum atomic E-state index is 9.46. The first-order chi connectivity index (χ1) is 13.3. The summed E-state index contributed by atoms with van der Waals surface area (Å²) < 4.78 is 0. The molecule has 2 fully saturated rings. The van der Waals surface area contributed by atoms with Gasteiger partial charge in [-0.15, -0.1) is 0 Å². The van der Waals surface area contributed by atoms with Crippen molar-refractivity contribution in [1.82, 2.24) is 10.3 Å². The average Bonchev–Trinajstić information content (AvgIpc) is 2.75. The lowest BCUT2D eigenvalue weighted by Gasteiger charge is -2.33. The Kier molecular flexibility index (Phi) is 5.90. The standard InChI is InChI=1S/C22H30N4O/c27-16-17-2-1-11-26(15-17)22-12-21(13-24-14-22)25-20-5-3-18(4-6-20)19-7-9-23-10-8-19/h3-6,12-14,17,19,23,25,27H,1-2,7-11,15-16H2/t17-/m1/s1. The van der Waals surface area contributed by atoms with Crippen LogP contribution in [0, 0.1) is 5.92 Å². The summed E-state index contributed by atoms with van der Waals surface area (Å²) >= 11 is 0. The fourth-order valence-corrected chi connectivity index (χ4v) is 4.28. The largest absolute Gasteiger partial charge is 0.396 e. The lowest BCUT2D eigenvalue weighted by Crippen LogP contribution is -2.36. The number of aromatic nitrogens is 1. The summed E-state index contributed by atoms with van der Waals surface area (Å²) in [6.07, 6.45) is 8.48. The highest BCUT2D eigenvalue weighted by Crippen LogP contribution is 2.28. The maximum Gasteiger partial charge on any atom is 0.0591 e. The minimum atomic E-state index is 0.269. The zero-order valence-electron chi connectivity index (χ0n) is 15.9. The topological polar surface area (TPSA) is 60.4 Å². The monoisotopic (exact) mass is 366 g/mol. The molecule has 4 rings (SSSR count). The molecule has 0 unspecified atom stereocenters. The molecule has 0 spiro atoms. The van der Waals surface area contributed by atoms with Gasteiger partial charge >= 0.3 is 0 Å². The van der Waals surface area contributed by atoms with Gasteiger partial charge in [-0.1, -0.05) is 12.1 Å². The molecule has 5 nitrogen and oxygen atoms in total. The van der Waals surface area contributed by atoms with Crippen LogP contribution in [0.5, 0.6) is 0 Å². The van der Waals surface area contributed by atoms with Crippen LogP contribution in [0.4, 0.5) is 17.1 Å². The van der Waals surface area contributed by atoms with Crippen molar-refractivity contribution in [2.24, 2.45) is 5.92 Å². The molecule has 2 saturated heterocycles. The molecule has 27 heavy (non-hydrogen) atoms. The number of hydrogen-bond donors (Lipinski definition) is 3. The molecule has 2 aromatic rings. The van der Waals surface area contributed by atoms with Crippen LogP contribution in [-0.2, 0) is 0 Å². The third-order valence-electron chi connectivity index (χ3n) is 5.88. The molecule has 0 saturated carbocycles. The van der Waals surface area contributed by atoms with E-state index in [1.165, 1.54) is 18.4 Å². The van der Waals surface area contributed by atoms with Gasteiger partial charge in [0, 0.05) is 25.4 Å². The molecular formula is C22H30N4O. The Morgan fingerprint density at radius 3 is 2.67 bits per heavy atom. The summed E-state index contributed by atoms with van der Waals surface area (Å²) in [6.45, 7) is 4.46. The lowest BCUT2D eigenvalue weighted by atomic mass is 9.90. The van der Waals surface area contributed by atoms with Crippen molar-refractivity contribution in [2.45, 2.75) is 31.6 Å². The number of piperidine rings is 2. The van der Waals surface area contributed by atoms with Gasteiger partial charge in [0.05, 0.1) is 23.8 Å². The summed E-state index contributed by atoms with van der Waals surface area (Å²) in [7, 11) is 0. The fraction of sp³-hybridized carbons (Fsp3) is 0.500. The van der Waals surface area contributed by atoms with Crippen molar-refractivity contribution in [3.8, 4) is 0 Å². The SMILES string of the molecule is OC[C@@H]1CCCN(c2cncc(Nc3ccc(C4CCNCC4)cc3)c2)C1. The van der Waals surface area contributed by atoms with Gasteiger partial charge in [-0.3, -0.25) is 4.98 Å². The smallest absolute Gasteiger partial charge is 0.0591 e. The highest BCUT2D eigenvalue weighted by molar-refractivity contribution is 5.64. The Bertz CT molecular complexity index is 727. The molecule has 2 aliphatic heterocycles. The van der Waals surface area contributed by atoms with Crippen molar-refractivity contribution < 1.29 is 5.11 Å². The minimum Gasteiger partial charge on any atom is -0.396 e. The van der Waals surface area contributed by atoms with E-state index in [1.807, 2.05) is 12.4 Å². The Hall–Kier alpha value is -2.11. The lowest BCUT2D eigenvalue weighted by molar-refractivity contribution is 0.208. The van der Waals surface area contributed by atoms with Gasteiger partial charge in [0.15, 0.2) is 0 Å². The summed E-state index contributed by atoms with van der Waals surface area (Å²) in [5, 5.41) is 16.4. The van der Waals surface area contributed by atoms with Crippen LogP contribution in [0.25, 0.3) is 0 Å². The predicted molar refractivity (Wildman–Crippen MR) is 111 cm³/mol. The Balaban J connectivity index is 1.42. The molecule has 3 heterocycles. The van der Waals surface area contributed by atoms with Crippen LogP contribution < -0.4 is 15.5 Å². The van der Waals surface area contributed by atoms with E-state index in [9.17, 15) is 5.11 Å². The van der Waals surface area contributed by atoms with Gasteiger partial charge in [-0.25, -0.2) is 0 Å². The molecule has 3 N–H and O–H groups in total. The zero-order valence-corrected chi connectivity index (χ0v) is 15.9. The molecule has 0 bridgehead atoms. The van der Waals surface area contributed by atoms with Gasteiger partial charge in [0.2, 0.25) is 0 Å². The van der Waals surface area contributed by atoms with Crippen molar-refractivity contribution in [3.63, 3.8) is 0 Å². The first-order valence-electron chi connectivity index (χ1n) is 10.2. The van der Waals surface area contributed by atoms with Gasteiger partial charge in [-0.2, -0.15) is 0 Å². The number of benzene rings is 1. The second kappa shape index (κ2) is 8.72. The van der Waals surface area contributed by atoms with Crippen LogP contribution >= 0.6 is 0 Å². The van der Waals surface area contributed by atoms with E-state index in [0.717, 1.165) is 56.1 Å². The number of anilines is 3. The van der Waals surface area contributed by atoms with Crippen molar-refractivity contribution in [1.29, 1.82) is 0 Å². The molecule has 0 radical (unpaired) electrons. The van der Waals surface area contributed by atoms with E-state index < -0.39 is 0 Å². The molecular weight excluding hydrogens is 336 g/mol. The predicted octanol–water partition coefficient (Wildman–Crippen LogP) is 3.50. The minimum absolute atomic E-state index is 0.269. The van der Waals surface area contributed by atoms with E-state index in [4.69, 9.17) is 0 Å². The summed E-state index contributed by atoms with van der Waals surface area (Å²) in [5.41, 5.74) is 4.67. The summed E-state index contributed by atoms with van der Waals surface area (Å²) in [6, 6.07) is 11.0. The van der Waals surface area contributed by atoms with Crippen LogP contribution in [0.2, 0.25) is 0 Å². The molecule has 2 aliphatic rings. The Morgan fingerprint density at radius 1 is 1.07 bits per heavy atom. The first kappa shape index (κ1) is 18.3. The van der Waals surface area contributed by atoms with Crippen LogP contribution in [0.3, 0.4) is 0 Å². The molecule has 0 aliphatic carbocycles. The van der Waals surface area contributed by atoms with Crippen LogP contribution in [0.1, 0.15) is 37.2 Å². The molecule has 144 valence electrons. The van der Waals surface area contributed by atoms with Gasteiger partial charge in [-0.05, 0) is 74.4 Å². The van der Waals surface area contributed by atoms with Gasteiger partial charge in [0.1, 0.15) is 0 Å². The molecule has 1 atom stereocenters. The molecule has 1 aromatic carbocycles. The molecule has 1 aromatic heterocycles. The first-order valence-corrected chi connectivity index (χ1v) is 10.2.